The quantitative estimate of drug-likeness (QED) is 0.841. The van der Waals surface area contributed by atoms with Crippen molar-refractivity contribution in [3.05, 3.63) is 63.6 Å². The van der Waals surface area contributed by atoms with Crippen LogP contribution < -0.4 is 10.5 Å². The van der Waals surface area contributed by atoms with Gasteiger partial charge >= 0.3 is 0 Å². The summed E-state index contributed by atoms with van der Waals surface area (Å²) in [6.07, 6.45) is 0. The fourth-order valence-electron chi connectivity index (χ4n) is 1.63. The predicted molar refractivity (Wildman–Crippen MR) is 80.7 cm³/mol. The summed E-state index contributed by atoms with van der Waals surface area (Å²) in [5.41, 5.74) is 6.43. The van der Waals surface area contributed by atoms with Gasteiger partial charge in [0.15, 0.2) is 11.6 Å². The zero-order valence-corrected chi connectivity index (χ0v) is 12.6. The number of thiocarbonyl (C=S) groups is 1. The molecule has 0 atom stereocenters. The van der Waals surface area contributed by atoms with Crippen molar-refractivity contribution in [3.8, 4) is 5.75 Å². The maximum Gasteiger partial charge on any atom is 0.165 e. The Morgan fingerprint density at radius 2 is 1.95 bits per heavy atom. The number of halogens is 3. The first-order valence-electron chi connectivity index (χ1n) is 5.63. The van der Waals surface area contributed by atoms with Crippen molar-refractivity contribution in [2.24, 2.45) is 5.73 Å². The molecule has 0 saturated heterocycles. The molecule has 0 heterocycles. The summed E-state index contributed by atoms with van der Waals surface area (Å²) in [4.78, 5) is 0.115. The Balaban J connectivity index is 2.12. The lowest BCUT2D eigenvalue weighted by molar-refractivity contribution is 0.289. The van der Waals surface area contributed by atoms with Gasteiger partial charge in [0.25, 0.3) is 0 Å². The number of nitrogens with two attached hydrogens (primary N) is 1. The van der Waals surface area contributed by atoms with Gasteiger partial charge in [0.05, 0.1) is 0 Å². The number of hydrogen-bond donors (Lipinski definition) is 1. The van der Waals surface area contributed by atoms with Crippen LogP contribution in [-0.4, -0.2) is 4.99 Å². The smallest absolute Gasteiger partial charge is 0.165 e. The Kier molecular flexibility index (Phi) is 4.67. The van der Waals surface area contributed by atoms with Gasteiger partial charge in [-0.3, -0.25) is 0 Å². The summed E-state index contributed by atoms with van der Waals surface area (Å²) in [5.74, 6) is -0.890. The summed E-state index contributed by atoms with van der Waals surface area (Å²) in [7, 11) is 0. The molecule has 0 radical (unpaired) electrons. The molecule has 2 nitrogen and oxygen atoms in total. The van der Waals surface area contributed by atoms with Gasteiger partial charge in [-0.2, -0.15) is 0 Å². The third-order valence-electron chi connectivity index (χ3n) is 2.53. The molecule has 0 fully saturated rings. The molecule has 2 rings (SSSR count). The maximum absolute atomic E-state index is 13.7. The predicted octanol–water partition coefficient (Wildman–Crippen LogP) is 3.94. The van der Waals surface area contributed by atoms with E-state index in [0.29, 0.717) is 15.6 Å². The van der Waals surface area contributed by atoms with Crippen molar-refractivity contribution >= 4 is 33.1 Å². The van der Waals surface area contributed by atoms with E-state index in [1.54, 1.807) is 12.1 Å². The lowest BCUT2D eigenvalue weighted by atomic mass is 10.2. The van der Waals surface area contributed by atoms with Crippen molar-refractivity contribution in [2.45, 2.75) is 6.61 Å². The van der Waals surface area contributed by atoms with E-state index < -0.39 is 5.82 Å². The van der Waals surface area contributed by atoms with Gasteiger partial charge < -0.3 is 10.5 Å². The van der Waals surface area contributed by atoms with Gasteiger partial charge in [0.1, 0.15) is 17.4 Å². The monoisotopic (exact) mass is 357 g/mol. The number of benzene rings is 2. The second-order valence-corrected chi connectivity index (χ2v) is 5.43. The minimum Gasteiger partial charge on any atom is -0.486 e. The highest BCUT2D eigenvalue weighted by Gasteiger charge is 2.07. The summed E-state index contributed by atoms with van der Waals surface area (Å²) < 4.78 is 32.9. The van der Waals surface area contributed by atoms with Crippen LogP contribution in [0.3, 0.4) is 0 Å². The van der Waals surface area contributed by atoms with Crippen molar-refractivity contribution in [3.63, 3.8) is 0 Å². The first kappa shape index (κ1) is 14.9. The van der Waals surface area contributed by atoms with Crippen LogP contribution in [0.15, 0.2) is 40.9 Å². The van der Waals surface area contributed by atoms with E-state index in [4.69, 9.17) is 22.7 Å². The topological polar surface area (TPSA) is 35.2 Å². The molecule has 0 aromatic heterocycles. The Hall–Kier alpha value is -1.53. The molecule has 0 aliphatic rings. The fraction of sp³-hybridized carbons (Fsp3) is 0.0714. The lowest BCUT2D eigenvalue weighted by Crippen LogP contribution is -2.09. The van der Waals surface area contributed by atoms with Crippen molar-refractivity contribution < 1.29 is 13.5 Å². The highest BCUT2D eigenvalue weighted by molar-refractivity contribution is 9.10. The summed E-state index contributed by atoms with van der Waals surface area (Å²) >= 11 is 7.94. The van der Waals surface area contributed by atoms with Crippen LogP contribution in [0.25, 0.3) is 0 Å². The maximum atomic E-state index is 13.7. The number of hydrogen-bond acceptors (Lipinski definition) is 2. The van der Waals surface area contributed by atoms with Crippen LogP contribution in [0.4, 0.5) is 8.78 Å². The summed E-state index contributed by atoms with van der Waals surface area (Å²) in [6, 6.07) is 8.58. The summed E-state index contributed by atoms with van der Waals surface area (Å²) in [5, 5.41) is 0. The largest absolute Gasteiger partial charge is 0.486 e. The first-order chi connectivity index (χ1) is 9.45. The van der Waals surface area contributed by atoms with E-state index in [-0.39, 0.29) is 23.2 Å². The van der Waals surface area contributed by atoms with Crippen LogP contribution in [0.5, 0.6) is 5.75 Å². The minimum absolute atomic E-state index is 0.0553. The zero-order chi connectivity index (χ0) is 14.7. The highest BCUT2D eigenvalue weighted by atomic mass is 79.9. The third-order valence-corrected chi connectivity index (χ3v) is 3.23. The second-order valence-electron chi connectivity index (χ2n) is 4.08. The molecule has 2 aromatic rings. The Morgan fingerprint density at radius 1 is 1.20 bits per heavy atom. The Labute approximate surface area is 128 Å². The van der Waals surface area contributed by atoms with Gasteiger partial charge in [-0.15, -0.1) is 0 Å². The van der Waals surface area contributed by atoms with Crippen LogP contribution in [0, 0.1) is 11.6 Å². The van der Waals surface area contributed by atoms with E-state index in [1.165, 1.54) is 24.3 Å². The zero-order valence-electron chi connectivity index (χ0n) is 10.2. The molecule has 0 saturated carbocycles. The molecule has 0 aliphatic heterocycles. The average molecular weight is 358 g/mol. The van der Waals surface area contributed by atoms with Crippen LogP contribution in [0.2, 0.25) is 0 Å². The van der Waals surface area contributed by atoms with Gasteiger partial charge in [0, 0.05) is 10.0 Å². The number of ether oxygens (including phenoxy) is 1. The van der Waals surface area contributed by atoms with Crippen molar-refractivity contribution in [1.82, 2.24) is 0 Å². The summed E-state index contributed by atoms with van der Waals surface area (Å²) in [6.45, 7) is 0.0553. The lowest BCUT2D eigenvalue weighted by Gasteiger charge is -2.09. The van der Waals surface area contributed by atoms with E-state index in [1.807, 2.05) is 0 Å². The van der Waals surface area contributed by atoms with Crippen molar-refractivity contribution in [2.75, 3.05) is 0 Å². The molecule has 0 aliphatic carbocycles. The Bertz CT molecular complexity index is 643. The highest BCUT2D eigenvalue weighted by Crippen LogP contribution is 2.21. The molecule has 2 N–H and O–H groups in total. The minimum atomic E-state index is -0.564. The van der Waals surface area contributed by atoms with Crippen LogP contribution in [0.1, 0.15) is 11.1 Å². The van der Waals surface area contributed by atoms with Gasteiger partial charge in [-0.05, 0) is 42.0 Å². The van der Waals surface area contributed by atoms with E-state index >= 15 is 0 Å². The molecule has 0 unspecified atom stereocenters. The molecule has 6 heteroatoms. The normalized spacial score (nSPS) is 10.3. The molecule has 2 aromatic carbocycles. The van der Waals surface area contributed by atoms with Crippen LogP contribution in [-0.2, 0) is 6.61 Å². The SMILES string of the molecule is NC(=S)c1ccc(OCc2cc(F)cc(Br)c2)c(F)c1. The first-order valence-corrected chi connectivity index (χ1v) is 6.83. The molecule has 0 amide bonds. The fourth-order valence-corrected chi connectivity index (χ4v) is 2.27. The van der Waals surface area contributed by atoms with Crippen LogP contribution >= 0.6 is 28.1 Å². The van der Waals surface area contributed by atoms with Crippen molar-refractivity contribution in [1.29, 1.82) is 0 Å². The molecule has 0 bridgehead atoms. The molecule has 104 valence electrons. The Morgan fingerprint density at radius 3 is 2.55 bits per heavy atom. The molecular weight excluding hydrogens is 348 g/mol. The molecule has 0 spiro atoms. The van der Waals surface area contributed by atoms with E-state index in [9.17, 15) is 8.78 Å². The average Bonchev–Trinajstić information content (AvgIpc) is 2.36. The third kappa shape index (κ3) is 3.74. The van der Waals surface area contributed by atoms with Gasteiger partial charge in [-0.25, -0.2) is 8.78 Å². The molecule has 20 heavy (non-hydrogen) atoms. The van der Waals surface area contributed by atoms with Gasteiger partial charge in [0.2, 0.25) is 0 Å². The standard InChI is InChI=1S/C14H10BrF2NOS/c15-10-3-8(4-11(16)6-10)7-19-13-2-1-9(14(18)20)5-12(13)17/h1-6H,7H2,(H2,18,20). The van der Waals surface area contributed by atoms with Gasteiger partial charge in [-0.1, -0.05) is 28.1 Å². The second kappa shape index (κ2) is 6.28. The molecular formula is C14H10BrF2NOS. The van der Waals surface area contributed by atoms with E-state index in [0.717, 1.165) is 0 Å². The van der Waals surface area contributed by atoms with E-state index in [2.05, 4.69) is 15.9 Å². The number of rotatable bonds is 4.